The molecule has 1 aliphatic rings. The van der Waals surface area contributed by atoms with Crippen LogP contribution in [0.1, 0.15) is 11.3 Å². The van der Waals surface area contributed by atoms with E-state index in [4.69, 9.17) is 4.74 Å². The number of aryl methyl sites for hydroxylation is 1. The number of para-hydroxylation sites is 1. The molecule has 7 heteroatoms. The first-order valence-electron chi connectivity index (χ1n) is 8.84. The molecule has 0 unspecified atom stereocenters. The second-order valence-electron chi connectivity index (χ2n) is 6.27. The predicted octanol–water partition coefficient (Wildman–Crippen LogP) is 2.33. The summed E-state index contributed by atoms with van der Waals surface area (Å²) in [6.07, 6.45) is 4.18. The third-order valence-electron chi connectivity index (χ3n) is 4.56. The first-order valence-corrected chi connectivity index (χ1v) is 8.84. The molecular formula is C19H25N5O2. The van der Waals surface area contributed by atoms with Gasteiger partial charge in [-0.05, 0) is 25.0 Å². The van der Waals surface area contributed by atoms with E-state index in [2.05, 4.69) is 20.2 Å². The van der Waals surface area contributed by atoms with Gasteiger partial charge in [0.1, 0.15) is 5.82 Å². The molecule has 0 atom stereocenters. The highest BCUT2D eigenvalue weighted by Gasteiger charge is 2.23. The number of urea groups is 1. The highest BCUT2D eigenvalue weighted by atomic mass is 16.5. The van der Waals surface area contributed by atoms with E-state index >= 15 is 0 Å². The minimum atomic E-state index is -0.0645. The summed E-state index contributed by atoms with van der Waals surface area (Å²) in [4.78, 5) is 25.4. The Bertz CT molecular complexity index is 744. The highest BCUT2D eigenvalue weighted by molar-refractivity contribution is 5.90. The van der Waals surface area contributed by atoms with Gasteiger partial charge in [-0.15, -0.1) is 0 Å². The maximum atomic E-state index is 12.6. The van der Waals surface area contributed by atoms with Crippen molar-refractivity contribution >= 4 is 17.5 Å². The van der Waals surface area contributed by atoms with Crippen LogP contribution in [0.2, 0.25) is 0 Å². The lowest BCUT2D eigenvalue weighted by atomic mass is 10.1. The van der Waals surface area contributed by atoms with Crippen molar-refractivity contribution in [2.75, 3.05) is 50.1 Å². The van der Waals surface area contributed by atoms with Gasteiger partial charge < -0.3 is 19.9 Å². The van der Waals surface area contributed by atoms with Gasteiger partial charge in [-0.25, -0.2) is 9.78 Å². The lowest BCUT2D eigenvalue weighted by Gasteiger charge is -2.35. The van der Waals surface area contributed by atoms with E-state index in [1.54, 1.807) is 19.5 Å². The van der Waals surface area contributed by atoms with Crippen molar-refractivity contribution in [1.82, 2.24) is 14.9 Å². The molecule has 1 N–H and O–H groups in total. The molecule has 1 fully saturated rings. The molecule has 2 heterocycles. The van der Waals surface area contributed by atoms with Gasteiger partial charge in [0.25, 0.3) is 0 Å². The predicted molar refractivity (Wildman–Crippen MR) is 102 cm³/mol. The molecule has 2 aromatic rings. The van der Waals surface area contributed by atoms with E-state index in [9.17, 15) is 4.79 Å². The Labute approximate surface area is 154 Å². The average molecular weight is 355 g/mol. The van der Waals surface area contributed by atoms with Gasteiger partial charge in [-0.1, -0.05) is 18.2 Å². The van der Waals surface area contributed by atoms with Crippen molar-refractivity contribution in [3.63, 3.8) is 0 Å². The molecular weight excluding hydrogens is 330 g/mol. The smallest absolute Gasteiger partial charge is 0.321 e. The maximum absolute atomic E-state index is 12.6. The topological polar surface area (TPSA) is 70.6 Å². The molecule has 0 radical (unpaired) electrons. The SMILES string of the molecule is COCCc1ccccc1NC(=O)N1CCN(c2nccnc2C)CC1. The van der Waals surface area contributed by atoms with Crippen LogP contribution < -0.4 is 10.2 Å². The Morgan fingerprint density at radius 2 is 1.88 bits per heavy atom. The quantitative estimate of drug-likeness (QED) is 0.891. The Kier molecular flexibility index (Phi) is 6.01. The fourth-order valence-corrected chi connectivity index (χ4v) is 3.10. The van der Waals surface area contributed by atoms with E-state index in [1.165, 1.54) is 0 Å². The molecule has 0 aliphatic carbocycles. The van der Waals surface area contributed by atoms with Crippen LogP contribution in [0.25, 0.3) is 0 Å². The zero-order chi connectivity index (χ0) is 18.4. The fraction of sp³-hybridized carbons (Fsp3) is 0.421. The van der Waals surface area contributed by atoms with Crippen LogP contribution in [-0.4, -0.2) is 60.8 Å². The summed E-state index contributed by atoms with van der Waals surface area (Å²) in [5, 5.41) is 3.04. The molecule has 3 rings (SSSR count). The first-order chi connectivity index (χ1) is 12.7. The number of anilines is 2. The summed E-state index contributed by atoms with van der Waals surface area (Å²) in [6, 6.07) is 7.79. The van der Waals surface area contributed by atoms with E-state index in [0.717, 1.165) is 42.3 Å². The number of methoxy groups -OCH3 is 1. The van der Waals surface area contributed by atoms with Crippen molar-refractivity contribution < 1.29 is 9.53 Å². The van der Waals surface area contributed by atoms with Gasteiger partial charge >= 0.3 is 6.03 Å². The number of nitrogens with one attached hydrogen (secondary N) is 1. The van der Waals surface area contributed by atoms with Crippen LogP contribution >= 0.6 is 0 Å². The van der Waals surface area contributed by atoms with Crippen molar-refractivity contribution in [3.05, 3.63) is 47.9 Å². The van der Waals surface area contributed by atoms with Crippen LogP contribution in [0.3, 0.4) is 0 Å². The minimum absolute atomic E-state index is 0.0645. The van der Waals surface area contributed by atoms with E-state index in [-0.39, 0.29) is 6.03 Å². The molecule has 0 spiro atoms. The largest absolute Gasteiger partial charge is 0.384 e. The molecule has 1 aromatic heterocycles. The molecule has 2 amide bonds. The normalized spacial score (nSPS) is 14.4. The Hall–Kier alpha value is -2.67. The molecule has 138 valence electrons. The summed E-state index contributed by atoms with van der Waals surface area (Å²) in [6.45, 7) is 5.39. The number of hydrogen-bond donors (Lipinski definition) is 1. The minimum Gasteiger partial charge on any atom is -0.384 e. The fourth-order valence-electron chi connectivity index (χ4n) is 3.10. The van der Waals surface area contributed by atoms with Crippen LogP contribution in [-0.2, 0) is 11.2 Å². The van der Waals surface area contributed by atoms with Crippen molar-refractivity contribution in [1.29, 1.82) is 0 Å². The number of aromatic nitrogens is 2. The molecule has 1 aromatic carbocycles. The van der Waals surface area contributed by atoms with Crippen molar-refractivity contribution in [2.45, 2.75) is 13.3 Å². The second-order valence-corrected chi connectivity index (χ2v) is 6.27. The van der Waals surface area contributed by atoms with Crippen LogP contribution in [0, 0.1) is 6.92 Å². The van der Waals surface area contributed by atoms with E-state index < -0.39 is 0 Å². The van der Waals surface area contributed by atoms with Crippen molar-refractivity contribution in [2.24, 2.45) is 0 Å². The van der Waals surface area contributed by atoms with Gasteiger partial charge in [0.15, 0.2) is 0 Å². The molecule has 7 nitrogen and oxygen atoms in total. The van der Waals surface area contributed by atoms with E-state index in [1.807, 2.05) is 36.1 Å². The molecule has 1 saturated heterocycles. The number of nitrogens with zero attached hydrogens (tertiary/aromatic N) is 4. The highest BCUT2D eigenvalue weighted by Crippen LogP contribution is 2.19. The monoisotopic (exact) mass is 355 g/mol. The van der Waals surface area contributed by atoms with E-state index in [0.29, 0.717) is 19.7 Å². The third kappa shape index (κ3) is 4.29. The third-order valence-corrected chi connectivity index (χ3v) is 4.56. The lowest BCUT2D eigenvalue weighted by Crippen LogP contribution is -2.50. The number of hydrogen-bond acceptors (Lipinski definition) is 5. The molecule has 26 heavy (non-hydrogen) atoms. The number of amides is 2. The first kappa shape index (κ1) is 18.1. The Balaban J connectivity index is 1.58. The molecule has 0 bridgehead atoms. The van der Waals surface area contributed by atoms with Crippen LogP contribution in [0.4, 0.5) is 16.3 Å². The second kappa shape index (κ2) is 8.62. The number of rotatable bonds is 5. The summed E-state index contributed by atoms with van der Waals surface area (Å²) in [5.74, 6) is 0.900. The summed E-state index contributed by atoms with van der Waals surface area (Å²) in [5.41, 5.74) is 2.84. The molecule has 1 aliphatic heterocycles. The number of benzene rings is 1. The van der Waals surface area contributed by atoms with Crippen molar-refractivity contribution in [3.8, 4) is 0 Å². The van der Waals surface area contributed by atoms with Gasteiger partial charge in [0.05, 0.1) is 12.3 Å². The molecule has 0 saturated carbocycles. The maximum Gasteiger partial charge on any atom is 0.321 e. The van der Waals surface area contributed by atoms with Gasteiger partial charge in [0, 0.05) is 51.4 Å². The van der Waals surface area contributed by atoms with Gasteiger partial charge in [-0.3, -0.25) is 4.98 Å². The summed E-state index contributed by atoms with van der Waals surface area (Å²) in [7, 11) is 1.68. The zero-order valence-electron chi connectivity index (χ0n) is 15.3. The standard InChI is InChI=1S/C19H25N5O2/c1-15-18(21-9-8-20-15)23-10-12-24(13-11-23)19(25)22-17-6-4-3-5-16(17)7-14-26-2/h3-6,8-9H,7,10-14H2,1-2H3,(H,22,25). The van der Waals surface area contributed by atoms with Crippen LogP contribution in [0.15, 0.2) is 36.7 Å². The van der Waals surface area contributed by atoms with Gasteiger partial charge in [-0.2, -0.15) is 0 Å². The number of ether oxygens (including phenoxy) is 1. The zero-order valence-corrected chi connectivity index (χ0v) is 15.3. The van der Waals surface area contributed by atoms with Crippen LogP contribution in [0.5, 0.6) is 0 Å². The number of carbonyl (C=O) groups is 1. The van der Waals surface area contributed by atoms with Gasteiger partial charge in [0.2, 0.25) is 0 Å². The number of piperazine rings is 1. The average Bonchev–Trinajstić information content (AvgIpc) is 2.68. The summed E-state index contributed by atoms with van der Waals surface area (Å²) >= 11 is 0. The number of carbonyl (C=O) groups excluding carboxylic acids is 1. The lowest BCUT2D eigenvalue weighted by molar-refractivity contribution is 0.202. The summed E-state index contributed by atoms with van der Waals surface area (Å²) < 4.78 is 5.15. The Morgan fingerprint density at radius 1 is 1.15 bits per heavy atom. The Morgan fingerprint density at radius 3 is 2.62 bits per heavy atom.